The van der Waals surface area contributed by atoms with Crippen LogP contribution in [0.3, 0.4) is 0 Å². The van der Waals surface area contributed by atoms with Crippen LogP contribution in [0.5, 0.6) is 0 Å². The van der Waals surface area contributed by atoms with Gasteiger partial charge in [-0.25, -0.2) is 4.79 Å². The normalized spacial score (nSPS) is 17.9. The van der Waals surface area contributed by atoms with Crippen LogP contribution in [0, 0.1) is 0 Å². The molecule has 1 aromatic heterocycles. The number of hydrogen-bond acceptors (Lipinski definition) is 3. The fourth-order valence-electron chi connectivity index (χ4n) is 1.81. The van der Waals surface area contributed by atoms with Crippen LogP contribution in [0.4, 0.5) is 0 Å². The lowest BCUT2D eigenvalue weighted by molar-refractivity contribution is 0.0695. The SMILES string of the molecule is CC1(C)Cc2[nH]c(=O)c(C(=O)O)cc2CS1. The van der Waals surface area contributed by atoms with Gasteiger partial charge in [-0.1, -0.05) is 13.8 Å². The summed E-state index contributed by atoms with van der Waals surface area (Å²) in [6.07, 6.45) is 0.766. The summed E-state index contributed by atoms with van der Waals surface area (Å²) in [5.41, 5.74) is 1.13. The largest absolute Gasteiger partial charge is 0.477 e. The van der Waals surface area contributed by atoms with Crippen molar-refractivity contribution in [1.82, 2.24) is 4.98 Å². The Morgan fingerprint density at radius 1 is 1.56 bits per heavy atom. The van der Waals surface area contributed by atoms with Gasteiger partial charge in [0.1, 0.15) is 5.56 Å². The van der Waals surface area contributed by atoms with E-state index in [-0.39, 0.29) is 10.3 Å². The standard InChI is InChI=1S/C11H13NO3S/c1-11(2)4-8-6(5-16-11)3-7(10(14)15)9(13)12-8/h3H,4-5H2,1-2H3,(H,12,13)(H,14,15). The van der Waals surface area contributed by atoms with E-state index >= 15 is 0 Å². The zero-order valence-electron chi connectivity index (χ0n) is 9.16. The number of carboxylic acids is 1. The van der Waals surface area contributed by atoms with Crippen LogP contribution in [0.25, 0.3) is 0 Å². The molecular formula is C11H13NO3S. The van der Waals surface area contributed by atoms with E-state index in [4.69, 9.17) is 5.11 Å². The first-order valence-corrected chi connectivity index (χ1v) is 6.00. The number of aromatic nitrogens is 1. The second-order valence-electron chi connectivity index (χ2n) is 4.55. The lowest BCUT2D eigenvalue weighted by atomic mass is 10.0. The van der Waals surface area contributed by atoms with Gasteiger partial charge in [0.25, 0.3) is 5.56 Å². The Morgan fingerprint density at radius 2 is 2.25 bits per heavy atom. The number of H-pyrrole nitrogens is 1. The van der Waals surface area contributed by atoms with Crippen molar-refractivity contribution in [2.75, 3.05) is 0 Å². The Kier molecular flexibility index (Phi) is 2.58. The Balaban J connectivity index is 2.51. The summed E-state index contributed by atoms with van der Waals surface area (Å²) < 4.78 is 0.0979. The number of nitrogens with one attached hydrogen (secondary N) is 1. The molecule has 0 aromatic carbocycles. The van der Waals surface area contributed by atoms with Gasteiger partial charge in [0, 0.05) is 22.6 Å². The monoisotopic (exact) mass is 239 g/mol. The Morgan fingerprint density at radius 3 is 2.88 bits per heavy atom. The molecule has 0 atom stereocenters. The molecule has 0 saturated heterocycles. The number of aromatic amines is 1. The van der Waals surface area contributed by atoms with Crippen LogP contribution in [0.1, 0.15) is 35.5 Å². The fraction of sp³-hybridized carbons (Fsp3) is 0.455. The third-order valence-corrected chi connectivity index (χ3v) is 4.05. The maximum Gasteiger partial charge on any atom is 0.341 e. The molecular weight excluding hydrogens is 226 g/mol. The van der Waals surface area contributed by atoms with E-state index in [1.807, 2.05) is 0 Å². The first kappa shape index (κ1) is 11.3. The van der Waals surface area contributed by atoms with E-state index in [0.29, 0.717) is 0 Å². The van der Waals surface area contributed by atoms with Crippen LogP contribution in [0.2, 0.25) is 0 Å². The van der Waals surface area contributed by atoms with E-state index < -0.39 is 11.5 Å². The highest BCUT2D eigenvalue weighted by Gasteiger charge is 2.27. The molecule has 2 heterocycles. The number of hydrogen-bond donors (Lipinski definition) is 2. The van der Waals surface area contributed by atoms with Crippen molar-refractivity contribution in [1.29, 1.82) is 0 Å². The molecule has 1 aromatic rings. The third-order valence-electron chi connectivity index (χ3n) is 2.67. The first-order chi connectivity index (χ1) is 7.39. The molecule has 0 unspecified atom stereocenters. The van der Waals surface area contributed by atoms with Gasteiger partial charge in [0.2, 0.25) is 0 Å². The van der Waals surface area contributed by atoms with Crippen LogP contribution >= 0.6 is 11.8 Å². The molecule has 86 valence electrons. The number of fused-ring (bicyclic) bond motifs is 1. The third kappa shape index (κ3) is 2.00. The van der Waals surface area contributed by atoms with E-state index in [1.165, 1.54) is 6.07 Å². The number of carboxylic acid groups (broad SMARTS) is 1. The van der Waals surface area contributed by atoms with Crippen molar-refractivity contribution in [3.05, 3.63) is 33.2 Å². The van der Waals surface area contributed by atoms with Gasteiger partial charge in [-0.15, -0.1) is 0 Å². The molecule has 0 saturated carbocycles. The van der Waals surface area contributed by atoms with Crippen molar-refractivity contribution in [2.45, 2.75) is 30.8 Å². The summed E-state index contributed by atoms with van der Waals surface area (Å²) in [5, 5.41) is 8.84. The Hall–Kier alpha value is -1.23. The fourth-order valence-corrected chi connectivity index (χ4v) is 2.86. The quantitative estimate of drug-likeness (QED) is 0.781. The number of pyridine rings is 1. The lowest BCUT2D eigenvalue weighted by Gasteiger charge is -2.30. The van der Waals surface area contributed by atoms with Gasteiger partial charge in [-0.3, -0.25) is 4.79 Å². The number of carbonyl (C=O) groups is 1. The molecule has 0 bridgehead atoms. The Bertz CT molecular complexity index is 504. The van der Waals surface area contributed by atoms with Crippen molar-refractivity contribution in [2.24, 2.45) is 0 Å². The van der Waals surface area contributed by atoms with Crippen LogP contribution in [0.15, 0.2) is 10.9 Å². The zero-order chi connectivity index (χ0) is 11.9. The Labute approximate surface area is 97.1 Å². The molecule has 0 spiro atoms. The van der Waals surface area contributed by atoms with Gasteiger partial charge in [0.15, 0.2) is 0 Å². The van der Waals surface area contributed by atoms with Crippen LogP contribution < -0.4 is 5.56 Å². The van der Waals surface area contributed by atoms with Gasteiger partial charge in [0.05, 0.1) is 0 Å². The van der Waals surface area contributed by atoms with Crippen molar-refractivity contribution in [3.63, 3.8) is 0 Å². The molecule has 1 aliphatic rings. The highest BCUT2D eigenvalue weighted by atomic mass is 32.2. The predicted molar refractivity (Wildman–Crippen MR) is 63.1 cm³/mol. The maximum atomic E-state index is 11.5. The zero-order valence-corrected chi connectivity index (χ0v) is 9.98. The minimum absolute atomic E-state index is 0.0979. The summed E-state index contributed by atoms with van der Waals surface area (Å²) in [6, 6.07) is 1.50. The van der Waals surface area contributed by atoms with E-state index in [2.05, 4.69) is 18.8 Å². The summed E-state index contributed by atoms with van der Waals surface area (Å²) in [7, 11) is 0. The minimum Gasteiger partial charge on any atom is -0.477 e. The van der Waals surface area contributed by atoms with E-state index in [0.717, 1.165) is 23.4 Å². The number of rotatable bonds is 1. The topological polar surface area (TPSA) is 70.2 Å². The highest BCUT2D eigenvalue weighted by molar-refractivity contribution is 7.99. The predicted octanol–water partition coefficient (Wildman–Crippen LogP) is 1.64. The molecule has 0 radical (unpaired) electrons. The summed E-state index contributed by atoms with van der Waals surface area (Å²) in [4.78, 5) is 25.0. The van der Waals surface area contributed by atoms with Crippen molar-refractivity contribution < 1.29 is 9.90 Å². The van der Waals surface area contributed by atoms with Gasteiger partial charge >= 0.3 is 5.97 Å². The molecule has 2 rings (SSSR count). The molecule has 0 amide bonds. The summed E-state index contributed by atoms with van der Waals surface area (Å²) in [6.45, 7) is 4.23. The first-order valence-electron chi connectivity index (χ1n) is 5.01. The number of thioether (sulfide) groups is 1. The van der Waals surface area contributed by atoms with Crippen molar-refractivity contribution >= 4 is 17.7 Å². The highest BCUT2D eigenvalue weighted by Crippen LogP contribution is 2.36. The molecule has 1 aliphatic heterocycles. The minimum atomic E-state index is -1.17. The summed E-state index contributed by atoms with van der Waals surface area (Å²) in [5.74, 6) is -0.418. The van der Waals surface area contributed by atoms with Gasteiger partial charge in [-0.2, -0.15) is 11.8 Å². The van der Waals surface area contributed by atoms with Crippen LogP contribution in [-0.2, 0) is 12.2 Å². The van der Waals surface area contributed by atoms with Gasteiger partial charge < -0.3 is 10.1 Å². The molecule has 5 heteroatoms. The number of aromatic carboxylic acids is 1. The average molecular weight is 239 g/mol. The van der Waals surface area contributed by atoms with E-state index in [9.17, 15) is 9.59 Å². The second-order valence-corrected chi connectivity index (χ2v) is 6.23. The molecule has 4 nitrogen and oxygen atoms in total. The van der Waals surface area contributed by atoms with Crippen molar-refractivity contribution in [3.8, 4) is 0 Å². The summed E-state index contributed by atoms with van der Waals surface area (Å²) >= 11 is 1.77. The molecule has 2 N–H and O–H groups in total. The molecule has 0 fully saturated rings. The molecule has 0 aliphatic carbocycles. The average Bonchev–Trinajstić information content (AvgIpc) is 2.14. The van der Waals surface area contributed by atoms with Gasteiger partial charge in [-0.05, 0) is 11.6 Å². The smallest absolute Gasteiger partial charge is 0.341 e. The van der Waals surface area contributed by atoms with E-state index in [1.54, 1.807) is 11.8 Å². The van der Waals surface area contributed by atoms with Crippen LogP contribution in [-0.4, -0.2) is 20.8 Å². The molecule has 16 heavy (non-hydrogen) atoms. The lowest BCUT2D eigenvalue weighted by Crippen LogP contribution is -2.29. The second kappa shape index (κ2) is 3.66. The maximum absolute atomic E-state index is 11.5.